The van der Waals surface area contributed by atoms with Gasteiger partial charge >= 0.3 is 0 Å². The molecule has 0 heterocycles. The molecule has 0 saturated heterocycles. The summed E-state index contributed by atoms with van der Waals surface area (Å²) in [4.78, 5) is 0. The van der Waals surface area contributed by atoms with Crippen LogP contribution in [-0.2, 0) is 0 Å². The van der Waals surface area contributed by atoms with E-state index in [-0.39, 0.29) is 15.6 Å². The molecule has 2 aromatic rings. The highest BCUT2D eigenvalue weighted by atomic mass is 79.9. The lowest BCUT2D eigenvalue weighted by Gasteiger charge is -2.19. The van der Waals surface area contributed by atoms with E-state index in [0.717, 1.165) is 24.3 Å². The summed E-state index contributed by atoms with van der Waals surface area (Å²) in [7, 11) is 1.41. The molecule has 0 aliphatic carbocycles. The molecule has 2 rings (SSSR count). The molecule has 0 radical (unpaired) electrons. The molecule has 0 aliphatic rings. The predicted octanol–water partition coefficient (Wildman–Crippen LogP) is 4.31. The number of hydrogen-bond acceptors (Lipinski definition) is 1. The van der Waals surface area contributed by atoms with Gasteiger partial charge < -0.3 is 5.32 Å². The summed E-state index contributed by atoms with van der Waals surface area (Å²) in [5, 5.41) is 2.60. The molecule has 6 heteroatoms. The maximum Gasteiger partial charge on any atom is 0.145 e. The van der Waals surface area contributed by atoms with Crippen molar-refractivity contribution in [2.45, 2.75) is 6.04 Å². The van der Waals surface area contributed by atoms with Gasteiger partial charge in [-0.25, -0.2) is 17.6 Å². The van der Waals surface area contributed by atoms with Gasteiger partial charge in [0.05, 0.1) is 10.5 Å². The van der Waals surface area contributed by atoms with E-state index in [0.29, 0.717) is 0 Å². The summed E-state index contributed by atoms with van der Waals surface area (Å²) in [6.07, 6.45) is 0. The highest BCUT2D eigenvalue weighted by Gasteiger charge is 2.25. The maximum atomic E-state index is 14.1. The Bertz CT molecular complexity index is 645. The van der Waals surface area contributed by atoms with Crippen LogP contribution in [0.5, 0.6) is 0 Å². The van der Waals surface area contributed by atoms with Crippen molar-refractivity contribution in [2.75, 3.05) is 7.05 Å². The van der Waals surface area contributed by atoms with Gasteiger partial charge in [0.15, 0.2) is 0 Å². The summed E-state index contributed by atoms with van der Waals surface area (Å²) in [6.45, 7) is 0. The summed E-state index contributed by atoms with van der Waals surface area (Å²) in [6, 6.07) is 3.91. The molecular formula is C14H10BrF4N. The fraction of sp³-hybridized carbons (Fsp3) is 0.143. The van der Waals surface area contributed by atoms with Gasteiger partial charge in [-0.05, 0) is 53.3 Å². The Kier molecular flexibility index (Phi) is 4.45. The first-order valence-corrected chi connectivity index (χ1v) is 6.50. The van der Waals surface area contributed by atoms with Crippen molar-refractivity contribution in [3.8, 4) is 0 Å². The van der Waals surface area contributed by atoms with E-state index in [4.69, 9.17) is 0 Å². The van der Waals surface area contributed by atoms with Gasteiger partial charge in [-0.1, -0.05) is 0 Å². The summed E-state index contributed by atoms with van der Waals surface area (Å²) in [5.74, 6) is -3.12. The van der Waals surface area contributed by atoms with E-state index >= 15 is 0 Å². The molecule has 106 valence electrons. The van der Waals surface area contributed by atoms with Crippen LogP contribution < -0.4 is 5.32 Å². The highest BCUT2D eigenvalue weighted by Crippen LogP contribution is 2.32. The Hall–Kier alpha value is -1.40. The number of nitrogens with one attached hydrogen (secondary N) is 1. The first kappa shape index (κ1) is 15.0. The first-order chi connectivity index (χ1) is 9.45. The number of rotatable bonds is 3. The lowest BCUT2D eigenvalue weighted by atomic mass is 9.97. The number of halogens is 5. The minimum absolute atomic E-state index is 0.0472. The second kappa shape index (κ2) is 5.93. The third-order valence-corrected chi connectivity index (χ3v) is 3.54. The zero-order chi connectivity index (χ0) is 14.9. The zero-order valence-electron chi connectivity index (χ0n) is 10.4. The Morgan fingerprint density at radius 1 is 1.00 bits per heavy atom. The third-order valence-electron chi connectivity index (χ3n) is 2.93. The Morgan fingerprint density at radius 3 is 2.30 bits per heavy atom. The van der Waals surface area contributed by atoms with Crippen LogP contribution in [0.25, 0.3) is 0 Å². The van der Waals surface area contributed by atoms with Gasteiger partial charge in [0.2, 0.25) is 0 Å². The summed E-state index contributed by atoms with van der Waals surface area (Å²) in [5.41, 5.74) is -0.533. The maximum absolute atomic E-state index is 14.1. The Balaban J connectivity index is 2.64. The van der Waals surface area contributed by atoms with Gasteiger partial charge in [0.1, 0.15) is 23.3 Å². The second-order valence-electron chi connectivity index (χ2n) is 4.14. The summed E-state index contributed by atoms with van der Waals surface area (Å²) >= 11 is 2.95. The highest BCUT2D eigenvalue weighted by molar-refractivity contribution is 9.10. The first-order valence-electron chi connectivity index (χ1n) is 5.71. The fourth-order valence-electron chi connectivity index (χ4n) is 2.00. The predicted molar refractivity (Wildman–Crippen MR) is 71.3 cm³/mol. The normalized spacial score (nSPS) is 12.5. The molecule has 1 unspecified atom stereocenters. The average Bonchev–Trinajstić information content (AvgIpc) is 2.42. The van der Waals surface area contributed by atoms with Crippen LogP contribution in [0.1, 0.15) is 17.2 Å². The Morgan fingerprint density at radius 2 is 1.65 bits per heavy atom. The smallest absolute Gasteiger partial charge is 0.145 e. The number of benzene rings is 2. The van der Waals surface area contributed by atoms with Gasteiger partial charge in [0.25, 0.3) is 0 Å². The van der Waals surface area contributed by atoms with Crippen molar-refractivity contribution in [1.82, 2.24) is 5.32 Å². The molecule has 0 aliphatic heterocycles. The van der Waals surface area contributed by atoms with Gasteiger partial charge in [-0.2, -0.15) is 0 Å². The van der Waals surface area contributed by atoms with E-state index in [9.17, 15) is 17.6 Å². The number of hydrogen-bond donors (Lipinski definition) is 1. The van der Waals surface area contributed by atoms with E-state index in [1.165, 1.54) is 13.1 Å². The Labute approximate surface area is 121 Å². The van der Waals surface area contributed by atoms with E-state index in [1.54, 1.807) is 0 Å². The largest absolute Gasteiger partial charge is 0.309 e. The zero-order valence-corrected chi connectivity index (χ0v) is 11.9. The second-order valence-corrected chi connectivity index (χ2v) is 5.00. The van der Waals surface area contributed by atoms with Crippen LogP contribution >= 0.6 is 15.9 Å². The molecule has 20 heavy (non-hydrogen) atoms. The van der Waals surface area contributed by atoms with Crippen molar-refractivity contribution in [3.05, 3.63) is 69.2 Å². The standard InChI is InChI=1S/C14H10BrF4N/c1-20-14(8-6-7(16)2-4-10(8)17)12-11(18)5-3-9(15)13(12)19/h2-6,14,20H,1H3. The van der Waals surface area contributed by atoms with Crippen LogP contribution in [-0.4, -0.2) is 7.05 Å². The van der Waals surface area contributed by atoms with Gasteiger partial charge in [-0.3, -0.25) is 0 Å². The molecular weight excluding hydrogens is 338 g/mol. The van der Waals surface area contributed by atoms with Gasteiger partial charge in [0, 0.05) is 11.1 Å². The third kappa shape index (κ3) is 2.71. The molecule has 1 N–H and O–H groups in total. The van der Waals surface area contributed by atoms with Crippen molar-refractivity contribution in [1.29, 1.82) is 0 Å². The SMILES string of the molecule is CNC(c1cc(F)ccc1F)c1c(F)ccc(Br)c1F. The van der Waals surface area contributed by atoms with Crippen molar-refractivity contribution in [3.63, 3.8) is 0 Å². The molecule has 0 saturated carbocycles. The molecule has 0 aromatic heterocycles. The van der Waals surface area contributed by atoms with Crippen LogP contribution in [0.2, 0.25) is 0 Å². The van der Waals surface area contributed by atoms with Crippen molar-refractivity contribution in [2.24, 2.45) is 0 Å². The average molecular weight is 348 g/mol. The minimum Gasteiger partial charge on any atom is -0.309 e. The molecule has 0 spiro atoms. The quantitative estimate of drug-likeness (QED) is 0.644. The van der Waals surface area contributed by atoms with Crippen LogP contribution in [0.3, 0.4) is 0 Å². The van der Waals surface area contributed by atoms with Crippen molar-refractivity contribution < 1.29 is 17.6 Å². The minimum atomic E-state index is -1.14. The van der Waals surface area contributed by atoms with E-state index in [1.807, 2.05) is 0 Å². The van der Waals surface area contributed by atoms with Crippen molar-refractivity contribution >= 4 is 15.9 Å². The summed E-state index contributed by atoms with van der Waals surface area (Å²) < 4.78 is 55.0. The van der Waals surface area contributed by atoms with Crippen LogP contribution in [0, 0.1) is 23.3 Å². The topological polar surface area (TPSA) is 12.0 Å². The van der Waals surface area contributed by atoms with Crippen LogP contribution in [0.15, 0.2) is 34.8 Å². The molecule has 2 aromatic carbocycles. The lowest BCUT2D eigenvalue weighted by molar-refractivity contribution is 0.501. The fourth-order valence-corrected chi connectivity index (χ4v) is 2.34. The molecule has 1 nitrogen and oxygen atoms in total. The molecule has 1 atom stereocenters. The van der Waals surface area contributed by atoms with Gasteiger partial charge in [-0.15, -0.1) is 0 Å². The molecule has 0 fully saturated rings. The monoisotopic (exact) mass is 347 g/mol. The molecule has 0 bridgehead atoms. The molecule has 0 amide bonds. The van der Waals surface area contributed by atoms with E-state index in [2.05, 4.69) is 21.2 Å². The van der Waals surface area contributed by atoms with Crippen LogP contribution in [0.4, 0.5) is 17.6 Å². The van der Waals surface area contributed by atoms with E-state index < -0.39 is 29.3 Å². The lowest BCUT2D eigenvalue weighted by Crippen LogP contribution is -2.22.